The molecule has 1 aromatic carbocycles. The minimum absolute atomic E-state index is 0. The Hall–Kier alpha value is -1.96. The first-order chi connectivity index (χ1) is 11.6. The van der Waals surface area contributed by atoms with E-state index in [1.54, 1.807) is 10.9 Å². The molecular formula is C17H24ClN5O2. The SMILES string of the molecule is Cc1ccc(C(O)CNC(=O)c2cn(C3CCNCC3)nn2)cc1.Cl. The predicted octanol–water partition coefficient (Wildman–Crippen LogP) is 1.40. The minimum atomic E-state index is -0.742. The third kappa shape index (κ3) is 5.01. The fourth-order valence-electron chi connectivity index (χ4n) is 2.82. The number of nitrogens with zero attached hydrogens (tertiary/aromatic N) is 3. The number of nitrogens with one attached hydrogen (secondary N) is 2. The number of aromatic nitrogens is 3. The fraction of sp³-hybridized carbons (Fsp3) is 0.471. The van der Waals surface area contributed by atoms with Crippen molar-refractivity contribution in [2.45, 2.75) is 31.9 Å². The highest BCUT2D eigenvalue weighted by molar-refractivity contribution is 5.91. The average molecular weight is 366 g/mol. The third-order valence-corrected chi connectivity index (χ3v) is 4.34. The van der Waals surface area contributed by atoms with Crippen LogP contribution >= 0.6 is 12.4 Å². The normalized spacial score (nSPS) is 16.1. The van der Waals surface area contributed by atoms with Crippen LogP contribution < -0.4 is 10.6 Å². The highest BCUT2D eigenvalue weighted by atomic mass is 35.5. The first-order valence-electron chi connectivity index (χ1n) is 8.29. The number of hydrogen-bond acceptors (Lipinski definition) is 5. The van der Waals surface area contributed by atoms with Gasteiger partial charge >= 0.3 is 0 Å². The van der Waals surface area contributed by atoms with Crippen LogP contribution in [0.25, 0.3) is 0 Å². The molecule has 1 saturated heterocycles. The molecule has 1 amide bonds. The van der Waals surface area contributed by atoms with Gasteiger partial charge in [0.15, 0.2) is 5.69 Å². The van der Waals surface area contributed by atoms with Crippen molar-refractivity contribution >= 4 is 18.3 Å². The second kappa shape index (κ2) is 8.94. The van der Waals surface area contributed by atoms with Gasteiger partial charge in [-0.05, 0) is 38.4 Å². The summed E-state index contributed by atoms with van der Waals surface area (Å²) in [6.07, 6.45) is 2.91. The number of aliphatic hydroxyl groups is 1. The maximum Gasteiger partial charge on any atom is 0.273 e. The number of rotatable bonds is 5. The van der Waals surface area contributed by atoms with Gasteiger partial charge in [-0.25, -0.2) is 4.68 Å². The molecule has 25 heavy (non-hydrogen) atoms. The summed E-state index contributed by atoms with van der Waals surface area (Å²) in [4.78, 5) is 12.2. The van der Waals surface area contributed by atoms with E-state index in [0.29, 0.717) is 6.04 Å². The van der Waals surface area contributed by atoms with E-state index in [1.807, 2.05) is 31.2 Å². The van der Waals surface area contributed by atoms with Crippen molar-refractivity contribution in [3.05, 3.63) is 47.3 Å². The maximum absolute atomic E-state index is 12.2. The number of carbonyl (C=O) groups is 1. The zero-order chi connectivity index (χ0) is 16.9. The summed E-state index contributed by atoms with van der Waals surface area (Å²) in [5.74, 6) is -0.318. The lowest BCUT2D eigenvalue weighted by molar-refractivity contribution is 0.0911. The second-order valence-corrected chi connectivity index (χ2v) is 6.20. The molecule has 1 fully saturated rings. The summed E-state index contributed by atoms with van der Waals surface area (Å²) < 4.78 is 1.77. The van der Waals surface area contributed by atoms with Crippen LogP contribution in [-0.2, 0) is 0 Å². The summed E-state index contributed by atoms with van der Waals surface area (Å²) in [7, 11) is 0. The van der Waals surface area contributed by atoms with Crippen LogP contribution in [0.1, 0.15) is 46.6 Å². The molecule has 1 unspecified atom stereocenters. The molecule has 0 aliphatic carbocycles. The largest absolute Gasteiger partial charge is 0.387 e. The van der Waals surface area contributed by atoms with Crippen LogP contribution in [0.3, 0.4) is 0 Å². The first kappa shape index (κ1) is 19.4. The van der Waals surface area contributed by atoms with E-state index < -0.39 is 6.10 Å². The Bertz CT molecular complexity index is 683. The molecular weight excluding hydrogens is 342 g/mol. The van der Waals surface area contributed by atoms with Crippen LogP contribution in [-0.4, -0.2) is 45.6 Å². The van der Waals surface area contributed by atoms with Crippen molar-refractivity contribution in [2.24, 2.45) is 0 Å². The lowest BCUT2D eigenvalue weighted by Crippen LogP contribution is -2.30. The smallest absolute Gasteiger partial charge is 0.273 e. The quantitative estimate of drug-likeness (QED) is 0.744. The molecule has 2 aromatic rings. The Kier molecular flexibility index (Phi) is 6.92. The Morgan fingerprint density at radius 3 is 2.72 bits per heavy atom. The molecule has 8 heteroatoms. The number of piperidine rings is 1. The lowest BCUT2D eigenvalue weighted by atomic mass is 10.1. The zero-order valence-electron chi connectivity index (χ0n) is 14.2. The van der Waals surface area contributed by atoms with E-state index in [-0.39, 0.29) is 30.6 Å². The van der Waals surface area contributed by atoms with Gasteiger partial charge < -0.3 is 15.7 Å². The average Bonchev–Trinajstić information content (AvgIpc) is 3.11. The van der Waals surface area contributed by atoms with Crippen LogP contribution in [0.15, 0.2) is 30.5 Å². The van der Waals surface area contributed by atoms with E-state index in [1.165, 1.54) is 0 Å². The first-order valence-corrected chi connectivity index (χ1v) is 8.29. The third-order valence-electron chi connectivity index (χ3n) is 4.34. The summed E-state index contributed by atoms with van der Waals surface area (Å²) in [5.41, 5.74) is 2.19. The van der Waals surface area contributed by atoms with Gasteiger partial charge in [0.05, 0.1) is 18.3 Å². The number of amides is 1. The van der Waals surface area contributed by atoms with Gasteiger partial charge in [-0.2, -0.15) is 0 Å². The highest BCUT2D eigenvalue weighted by Crippen LogP contribution is 2.17. The maximum atomic E-state index is 12.2. The standard InChI is InChI=1S/C17H23N5O2.ClH/c1-12-2-4-13(5-3-12)16(23)10-19-17(24)15-11-22(21-20-15)14-6-8-18-9-7-14;/h2-5,11,14,16,18,23H,6-10H2,1H3,(H,19,24);1H. The molecule has 0 spiro atoms. The van der Waals surface area contributed by atoms with E-state index in [2.05, 4.69) is 20.9 Å². The topological polar surface area (TPSA) is 92.1 Å². The number of benzene rings is 1. The number of carbonyl (C=O) groups excluding carboxylic acids is 1. The van der Waals surface area contributed by atoms with Gasteiger partial charge in [0, 0.05) is 6.54 Å². The fourth-order valence-corrected chi connectivity index (χ4v) is 2.82. The molecule has 0 radical (unpaired) electrons. The molecule has 7 nitrogen and oxygen atoms in total. The van der Waals surface area contributed by atoms with Gasteiger partial charge in [0.1, 0.15) is 0 Å². The van der Waals surface area contributed by atoms with Gasteiger partial charge in [-0.1, -0.05) is 35.0 Å². The van der Waals surface area contributed by atoms with Crippen molar-refractivity contribution in [3.63, 3.8) is 0 Å². The molecule has 1 aliphatic heterocycles. The van der Waals surface area contributed by atoms with E-state index in [0.717, 1.165) is 37.1 Å². The molecule has 3 rings (SSSR count). The minimum Gasteiger partial charge on any atom is -0.387 e. The zero-order valence-corrected chi connectivity index (χ0v) is 15.0. The Labute approximate surface area is 153 Å². The van der Waals surface area contributed by atoms with Crippen LogP contribution in [0.4, 0.5) is 0 Å². The van der Waals surface area contributed by atoms with E-state index >= 15 is 0 Å². The Morgan fingerprint density at radius 2 is 2.04 bits per heavy atom. The summed E-state index contributed by atoms with van der Waals surface area (Å²) in [6.45, 7) is 4.04. The molecule has 1 atom stereocenters. The number of aryl methyl sites for hydroxylation is 1. The molecule has 3 N–H and O–H groups in total. The number of hydrogen-bond donors (Lipinski definition) is 3. The molecule has 2 heterocycles. The highest BCUT2D eigenvalue weighted by Gasteiger charge is 2.19. The second-order valence-electron chi connectivity index (χ2n) is 6.20. The molecule has 1 aliphatic rings. The van der Waals surface area contributed by atoms with Crippen molar-refractivity contribution in [1.29, 1.82) is 0 Å². The number of aliphatic hydroxyl groups excluding tert-OH is 1. The lowest BCUT2D eigenvalue weighted by Gasteiger charge is -2.22. The number of halogens is 1. The van der Waals surface area contributed by atoms with E-state index in [9.17, 15) is 9.90 Å². The van der Waals surface area contributed by atoms with Crippen LogP contribution in [0.5, 0.6) is 0 Å². The molecule has 0 saturated carbocycles. The monoisotopic (exact) mass is 365 g/mol. The Morgan fingerprint density at radius 1 is 1.36 bits per heavy atom. The summed E-state index contributed by atoms with van der Waals surface area (Å²) in [5, 5.41) is 24.2. The predicted molar refractivity (Wildman–Crippen MR) is 96.9 cm³/mol. The van der Waals surface area contributed by atoms with Crippen molar-refractivity contribution < 1.29 is 9.90 Å². The van der Waals surface area contributed by atoms with Gasteiger partial charge in [-0.15, -0.1) is 17.5 Å². The molecule has 1 aromatic heterocycles. The van der Waals surface area contributed by atoms with Crippen molar-refractivity contribution in [1.82, 2.24) is 25.6 Å². The van der Waals surface area contributed by atoms with Gasteiger partial charge in [0.2, 0.25) is 0 Å². The molecule has 136 valence electrons. The van der Waals surface area contributed by atoms with Gasteiger partial charge in [0.25, 0.3) is 5.91 Å². The van der Waals surface area contributed by atoms with Gasteiger partial charge in [-0.3, -0.25) is 4.79 Å². The van der Waals surface area contributed by atoms with E-state index in [4.69, 9.17) is 0 Å². The Balaban J connectivity index is 0.00000225. The van der Waals surface area contributed by atoms with Crippen LogP contribution in [0, 0.1) is 6.92 Å². The van der Waals surface area contributed by atoms with Crippen molar-refractivity contribution in [3.8, 4) is 0 Å². The van der Waals surface area contributed by atoms with Crippen molar-refractivity contribution in [2.75, 3.05) is 19.6 Å². The molecule has 0 bridgehead atoms. The summed E-state index contributed by atoms with van der Waals surface area (Å²) in [6, 6.07) is 7.88. The summed E-state index contributed by atoms with van der Waals surface area (Å²) >= 11 is 0. The van der Waals surface area contributed by atoms with Crippen LogP contribution in [0.2, 0.25) is 0 Å².